The summed E-state index contributed by atoms with van der Waals surface area (Å²) >= 11 is 0. The van der Waals surface area contributed by atoms with Crippen LogP contribution in [0.1, 0.15) is 388 Å². The van der Waals surface area contributed by atoms with Crippen molar-refractivity contribution in [1.29, 1.82) is 0 Å². The Morgan fingerprint density at radius 3 is 0.731 bits per heavy atom. The second kappa shape index (κ2) is 67.3. The normalized spacial score (nSPS) is 14.0. The number of rotatable bonds is 74. The number of unbranched alkanes of at least 4 members (excludes halogenated alkanes) is 46. The Kier molecular flexibility index (Phi) is 65.9. The van der Waals surface area contributed by atoms with Crippen LogP contribution in [-0.2, 0) is 65.4 Å². The summed E-state index contributed by atoms with van der Waals surface area (Å²) in [5.74, 6) is -1.33. The molecule has 19 heteroatoms. The van der Waals surface area contributed by atoms with Crippen molar-refractivity contribution in [3.63, 3.8) is 0 Å². The number of phosphoric acid groups is 2. The van der Waals surface area contributed by atoms with Gasteiger partial charge >= 0.3 is 39.5 Å². The van der Waals surface area contributed by atoms with Gasteiger partial charge in [-0.3, -0.25) is 37.3 Å². The third kappa shape index (κ3) is 68.4. The first-order chi connectivity index (χ1) is 45.0. The van der Waals surface area contributed by atoms with E-state index in [9.17, 15) is 43.2 Å². The Labute approximate surface area is 568 Å². The fraction of sp³-hybridized carbons (Fsp3) is 0.946. The van der Waals surface area contributed by atoms with Crippen LogP contribution in [0.3, 0.4) is 0 Å². The van der Waals surface area contributed by atoms with E-state index < -0.39 is 97.5 Å². The average molecular weight is 1370 g/mol. The standard InChI is InChI=1S/C74H144O17P2/c1-6-9-12-15-18-21-24-25-26-27-28-29-35-40-45-50-55-60-74(79)91-70(64-85-72(77)58-53-48-43-38-34-31-30-33-36-41-46-51-56-67(4)5)66-89-93(82,83)87-62-68(75)61-86-92(80,81)88-65-69(63-84-71(76)57-52-47-42-37-23-20-17-14-11-8-3)90-73(78)59-54-49-44-39-32-22-19-16-13-10-7-2/h67-70,75H,6-66H2,1-5H3,(H,80,81)(H,82,83)/t68-,69+,70+/m0/s1. The Morgan fingerprint density at radius 2 is 0.495 bits per heavy atom. The number of aliphatic hydroxyl groups is 1. The first-order valence-electron chi connectivity index (χ1n) is 38.6. The van der Waals surface area contributed by atoms with Crippen molar-refractivity contribution < 1.29 is 80.2 Å². The van der Waals surface area contributed by atoms with E-state index in [1.807, 2.05) is 0 Å². The number of hydrogen-bond donors (Lipinski definition) is 3. The molecule has 2 unspecified atom stereocenters. The van der Waals surface area contributed by atoms with Crippen LogP contribution in [0.15, 0.2) is 0 Å². The molecule has 552 valence electrons. The van der Waals surface area contributed by atoms with Gasteiger partial charge in [0.1, 0.15) is 19.3 Å². The Morgan fingerprint density at radius 1 is 0.290 bits per heavy atom. The van der Waals surface area contributed by atoms with Crippen molar-refractivity contribution in [2.75, 3.05) is 39.6 Å². The van der Waals surface area contributed by atoms with Crippen molar-refractivity contribution in [2.45, 2.75) is 406 Å². The van der Waals surface area contributed by atoms with Crippen LogP contribution >= 0.6 is 15.6 Å². The van der Waals surface area contributed by atoms with Gasteiger partial charge in [-0.15, -0.1) is 0 Å². The van der Waals surface area contributed by atoms with Crippen molar-refractivity contribution >= 4 is 39.5 Å². The molecule has 0 heterocycles. The zero-order valence-corrected chi connectivity index (χ0v) is 62.2. The van der Waals surface area contributed by atoms with Crippen LogP contribution in [0.25, 0.3) is 0 Å². The minimum Gasteiger partial charge on any atom is -0.462 e. The van der Waals surface area contributed by atoms with Gasteiger partial charge in [-0.2, -0.15) is 0 Å². The van der Waals surface area contributed by atoms with Crippen molar-refractivity contribution in [3.8, 4) is 0 Å². The lowest BCUT2D eigenvalue weighted by atomic mass is 10.0. The molecule has 0 amide bonds. The van der Waals surface area contributed by atoms with Crippen LogP contribution in [0.2, 0.25) is 0 Å². The SMILES string of the molecule is CCCCCCCCCCCCCCCCCCCC(=O)O[C@H](COC(=O)CCCCCCCCCCCCCCC(C)C)COP(=O)(O)OC[C@@H](O)COP(=O)(O)OC[C@@H](COC(=O)CCCCCCCCCCCC)OC(=O)CCCCCCCCCCCCC. The molecule has 17 nitrogen and oxygen atoms in total. The molecule has 3 N–H and O–H groups in total. The monoisotopic (exact) mass is 1370 g/mol. The van der Waals surface area contributed by atoms with Gasteiger partial charge in [0.25, 0.3) is 0 Å². The molecule has 0 rings (SSSR count). The largest absolute Gasteiger partial charge is 0.472 e. The Balaban J connectivity index is 5.23. The zero-order chi connectivity index (χ0) is 68.4. The molecular weight excluding hydrogens is 1220 g/mol. The van der Waals surface area contributed by atoms with Gasteiger partial charge in [-0.05, 0) is 31.6 Å². The Hall–Kier alpha value is -1.94. The molecular formula is C74H144O17P2. The summed E-state index contributed by atoms with van der Waals surface area (Å²) in [5, 5.41) is 10.6. The number of hydrogen-bond acceptors (Lipinski definition) is 15. The third-order valence-electron chi connectivity index (χ3n) is 17.3. The minimum atomic E-state index is -4.95. The quantitative estimate of drug-likeness (QED) is 0.0222. The van der Waals surface area contributed by atoms with Crippen LogP contribution < -0.4 is 0 Å². The Bertz CT molecular complexity index is 1790. The van der Waals surface area contributed by atoms with E-state index in [-0.39, 0.29) is 25.7 Å². The molecule has 0 spiro atoms. The minimum absolute atomic E-state index is 0.107. The van der Waals surface area contributed by atoms with E-state index >= 15 is 0 Å². The van der Waals surface area contributed by atoms with E-state index in [1.165, 1.54) is 212 Å². The molecule has 0 radical (unpaired) electrons. The predicted octanol–water partition coefficient (Wildman–Crippen LogP) is 21.7. The highest BCUT2D eigenvalue weighted by molar-refractivity contribution is 7.47. The lowest BCUT2D eigenvalue weighted by molar-refractivity contribution is -0.161. The van der Waals surface area contributed by atoms with E-state index in [1.54, 1.807) is 0 Å². The maximum absolute atomic E-state index is 13.1. The van der Waals surface area contributed by atoms with Gasteiger partial charge < -0.3 is 33.8 Å². The maximum Gasteiger partial charge on any atom is 0.472 e. The summed E-state index contributed by atoms with van der Waals surface area (Å²) in [4.78, 5) is 72.7. The summed E-state index contributed by atoms with van der Waals surface area (Å²) in [6, 6.07) is 0. The van der Waals surface area contributed by atoms with Crippen LogP contribution in [0.5, 0.6) is 0 Å². The zero-order valence-electron chi connectivity index (χ0n) is 60.4. The van der Waals surface area contributed by atoms with Crippen molar-refractivity contribution in [3.05, 3.63) is 0 Å². The molecule has 0 aliphatic rings. The molecule has 93 heavy (non-hydrogen) atoms. The van der Waals surface area contributed by atoms with Gasteiger partial charge in [-0.25, -0.2) is 9.13 Å². The molecule has 5 atom stereocenters. The fourth-order valence-electron chi connectivity index (χ4n) is 11.4. The number of aliphatic hydroxyl groups excluding tert-OH is 1. The molecule has 0 aliphatic heterocycles. The van der Waals surface area contributed by atoms with E-state index in [0.717, 1.165) is 95.8 Å². The number of carbonyl (C=O) groups is 4. The number of phosphoric ester groups is 2. The highest BCUT2D eigenvalue weighted by Crippen LogP contribution is 2.45. The van der Waals surface area contributed by atoms with Gasteiger partial charge in [-0.1, -0.05) is 336 Å². The number of esters is 4. The molecule has 0 aromatic rings. The van der Waals surface area contributed by atoms with E-state index in [2.05, 4.69) is 34.6 Å². The summed E-state index contributed by atoms with van der Waals surface area (Å²) < 4.78 is 68.4. The number of carbonyl (C=O) groups excluding carboxylic acids is 4. The van der Waals surface area contributed by atoms with Crippen LogP contribution in [0, 0.1) is 5.92 Å². The highest BCUT2D eigenvalue weighted by Gasteiger charge is 2.30. The molecule has 0 aromatic carbocycles. The first-order valence-corrected chi connectivity index (χ1v) is 41.6. The number of ether oxygens (including phenoxy) is 4. The summed E-state index contributed by atoms with van der Waals surface area (Å²) in [6.45, 7) is 7.28. The molecule has 0 fully saturated rings. The summed E-state index contributed by atoms with van der Waals surface area (Å²) in [5.41, 5.74) is 0. The molecule has 0 aromatic heterocycles. The van der Waals surface area contributed by atoms with Gasteiger partial charge in [0.2, 0.25) is 0 Å². The van der Waals surface area contributed by atoms with Crippen LogP contribution in [-0.4, -0.2) is 96.7 Å². The molecule has 0 aliphatic carbocycles. The average Bonchev–Trinajstić information content (AvgIpc) is 3.03. The second-order valence-electron chi connectivity index (χ2n) is 27.2. The van der Waals surface area contributed by atoms with Gasteiger partial charge in [0, 0.05) is 25.7 Å². The smallest absolute Gasteiger partial charge is 0.462 e. The fourth-order valence-corrected chi connectivity index (χ4v) is 12.9. The predicted molar refractivity (Wildman–Crippen MR) is 377 cm³/mol. The van der Waals surface area contributed by atoms with E-state index in [0.29, 0.717) is 25.7 Å². The van der Waals surface area contributed by atoms with Gasteiger partial charge in [0.15, 0.2) is 12.2 Å². The lowest BCUT2D eigenvalue weighted by Crippen LogP contribution is -2.30. The first kappa shape index (κ1) is 91.1. The second-order valence-corrected chi connectivity index (χ2v) is 30.1. The lowest BCUT2D eigenvalue weighted by Gasteiger charge is -2.21. The van der Waals surface area contributed by atoms with Gasteiger partial charge in [0.05, 0.1) is 26.4 Å². The maximum atomic E-state index is 13.1. The topological polar surface area (TPSA) is 237 Å². The molecule has 0 saturated heterocycles. The molecule has 0 bridgehead atoms. The van der Waals surface area contributed by atoms with Crippen LogP contribution in [0.4, 0.5) is 0 Å². The van der Waals surface area contributed by atoms with Crippen molar-refractivity contribution in [2.24, 2.45) is 5.92 Å². The summed E-state index contributed by atoms with van der Waals surface area (Å²) in [7, 11) is -9.90. The highest BCUT2D eigenvalue weighted by atomic mass is 31.2. The summed E-state index contributed by atoms with van der Waals surface area (Å²) in [6.07, 6.45) is 55.3. The van der Waals surface area contributed by atoms with Crippen molar-refractivity contribution in [1.82, 2.24) is 0 Å². The molecule has 0 saturated carbocycles. The third-order valence-corrected chi connectivity index (χ3v) is 19.2. The van der Waals surface area contributed by atoms with E-state index in [4.69, 9.17) is 37.0 Å².